The molecular formula is C19H20BrNO3. The van der Waals surface area contributed by atoms with Gasteiger partial charge in [0.2, 0.25) is 0 Å². The molecule has 1 fully saturated rings. The minimum absolute atomic E-state index is 0.0812. The maximum atomic E-state index is 12.6. The Hall–Kier alpha value is -1.85. The minimum Gasteiger partial charge on any atom is -0.489 e. The number of rotatable bonds is 5. The van der Waals surface area contributed by atoms with Crippen LogP contribution in [0.3, 0.4) is 0 Å². The van der Waals surface area contributed by atoms with Crippen LogP contribution in [0.5, 0.6) is 5.75 Å². The second kappa shape index (κ2) is 7.81. The molecule has 24 heavy (non-hydrogen) atoms. The van der Waals surface area contributed by atoms with Gasteiger partial charge in [-0.3, -0.25) is 4.79 Å². The van der Waals surface area contributed by atoms with Gasteiger partial charge in [0, 0.05) is 16.6 Å². The van der Waals surface area contributed by atoms with E-state index in [4.69, 9.17) is 9.47 Å². The van der Waals surface area contributed by atoms with Gasteiger partial charge in [0.05, 0.1) is 18.2 Å². The second-order valence-electron chi connectivity index (χ2n) is 5.85. The Kier molecular flexibility index (Phi) is 5.53. The zero-order chi connectivity index (χ0) is 16.9. The Morgan fingerprint density at radius 2 is 2.08 bits per heavy atom. The lowest BCUT2D eigenvalue weighted by Gasteiger charge is -2.16. The zero-order valence-corrected chi connectivity index (χ0v) is 15.1. The number of carbonyl (C=O) groups is 1. The van der Waals surface area contributed by atoms with Crippen LogP contribution < -0.4 is 10.1 Å². The molecule has 0 spiro atoms. The lowest BCUT2D eigenvalue weighted by Crippen LogP contribution is -2.35. The van der Waals surface area contributed by atoms with Crippen molar-refractivity contribution in [1.82, 2.24) is 5.32 Å². The molecule has 2 aromatic rings. The smallest absolute Gasteiger partial charge is 0.253 e. The number of halogens is 1. The van der Waals surface area contributed by atoms with Gasteiger partial charge in [-0.2, -0.15) is 0 Å². The molecule has 1 heterocycles. The normalized spacial score (nSPS) is 16.8. The summed E-state index contributed by atoms with van der Waals surface area (Å²) in [5, 5.41) is 3.03. The van der Waals surface area contributed by atoms with Crippen LogP contribution in [-0.4, -0.2) is 25.2 Å². The number of nitrogens with one attached hydrogen (secondary N) is 1. The van der Waals surface area contributed by atoms with E-state index in [1.807, 2.05) is 49.4 Å². The average molecular weight is 390 g/mol. The Bertz CT molecular complexity index is 712. The fourth-order valence-electron chi connectivity index (χ4n) is 2.74. The Morgan fingerprint density at radius 1 is 1.29 bits per heavy atom. The summed E-state index contributed by atoms with van der Waals surface area (Å²) in [7, 11) is 0. The van der Waals surface area contributed by atoms with Gasteiger partial charge in [-0.15, -0.1) is 0 Å². The predicted octanol–water partition coefficient (Wildman–Crippen LogP) is 3.86. The van der Waals surface area contributed by atoms with E-state index < -0.39 is 0 Å². The summed E-state index contributed by atoms with van der Waals surface area (Å²) < 4.78 is 12.0. The van der Waals surface area contributed by atoms with Crippen LogP contribution in [-0.2, 0) is 11.3 Å². The van der Waals surface area contributed by atoms with Crippen molar-refractivity contribution in [2.24, 2.45) is 0 Å². The van der Waals surface area contributed by atoms with E-state index in [0.29, 0.717) is 25.4 Å². The molecule has 0 aromatic heterocycles. The second-order valence-corrected chi connectivity index (χ2v) is 6.71. The van der Waals surface area contributed by atoms with Crippen LogP contribution in [0.25, 0.3) is 0 Å². The lowest BCUT2D eigenvalue weighted by atomic mass is 10.1. The van der Waals surface area contributed by atoms with Crippen molar-refractivity contribution < 1.29 is 14.3 Å². The molecule has 5 heteroatoms. The van der Waals surface area contributed by atoms with Crippen LogP contribution in [0.2, 0.25) is 0 Å². The molecule has 1 atom stereocenters. The van der Waals surface area contributed by atoms with Gasteiger partial charge in [0.15, 0.2) is 0 Å². The highest BCUT2D eigenvalue weighted by Gasteiger charge is 2.22. The lowest BCUT2D eigenvalue weighted by molar-refractivity contribution is 0.0928. The standard InChI is InChI=1S/C19H20BrNO3/c1-13-17(24-11-14-5-3-2-4-6-14)8-7-16(20)18(13)19(22)21-15-9-10-23-12-15/h2-8,15H,9-12H2,1H3,(H,21,22). The van der Waals surface area contributed by atoms with Crippen LogP contribution in [0, 0.1) is 6.92 Å². The Balaban J connectivity index is 1.75. The molecule has 4 nitrogen and oxygen atoms in total. The third kappa shape index (κ3) is 3.97. The van der Waals surface area contributed by atoms with E-state index in [9.17, 15) is 4.79 Å². The van der Waals surface area contributed by atoms with Crippen molar-refractivity contribution in [3.05, 3.63) is 63.6 Å². The molecular weight excluding hydrogens is 370 g/mol. The summed E-state index contributed by atoms with van der Waals surface area (Å²) in [6, 6.07) is 13.8. The summed E-state index contributed by atoms with van der Waals surface area (Å²) in [6.45, 7) is 3.66. The summed E-state index contributed by atoms with van der Waals surface area (Å²) in [5.74, 6) is 0.620. The van der Waals surface area contributed by atoms with Gasteiger partial charge >= 0.3 is 0 Å². The van der Waals surface area contributed by atoms with Gasteiger partial charge in [-0.25, -0.2) is 0 Å². The molecule has 126 valence electrons. The molecule has 1 amide bonds. The van der Waals surface area contributed by atoms with E-state index in [1.54, 1.807) is 0 Å². The molecule has 1 unspecified atom stereocenters. The van der Waals surface area contributed by atoms with Gasteiger partial charge in [-0.1, -0.05) is 30.3 Å². The molecule has 0 radical (unpaired) electrons. The molecule has 1 aliphatic rings. The highest BCUT2D eigenvalue weighted by Crippen LogP contribution is 2.29. The fourth-order valence-corrected chi connectivity index (χ4v) is 3.35. The van der Waals surface area contributed by atoms with Crippen molar-refractivity contribution >= 4 is 21.8 Å². The summed E-state index contributed by atoms with van der Waals surface area (Å²) in [5.41, 5.74) is 2.54. The number of hydrogen-bond acceptors (Lipinski definition) is 3. The largest absolute Gasteiger partial charge is 0.489 e. The van der Waals surface area contributed by atoms with E-state index in [2.05, 4.69) is 21.2 Å². The first kappa shape index (κ1) is 17.0. The first-order chi connectivity index (χ1) is 11.6. The molecule has 0 aliphatic carbocycles. The van der Waals surface area contributed by atoms with E-state index in [0.717, 1.165) is 27.8 Å². The Labute approximate surface area is 150 Å². The van der Waals surface area contributed by atoms with Crippen LogP contribution in [0.4, 0.5) is 0 Å². The highest BCUT2D eigenvalue weighted by molar-refractivity contribution is 9.10. The van der Waals surface area contributed by atoms with Crippen molar-refractivity contribution in [3.63, 3.8) is 0 Å². The third-order valence-corrected chi connectivity index (χ3v) is 4.75. The average Bonchev–Trinajstić information content (AvgIpc) is 3.08. The molecule has 1 saturated heterocycles. The maximum Gasteiger partial charge on any atom is 0.253 e. The summed E-state index contributed by atoms with van der Waals surface area (Å²) in [4.78, 5) is 12.6. The van der Waals surface area contributed by atoms with Gasteiger partial charge in [0.1, 0.15) is 12.4 Å². The maximum absolute atomic E-state index is 12.6. The van der Waals surface area contributed by atoms with Crippen LogP contribution in [0.1, 0.15) is 27.9 Å². The minimum atomic E-state index is -0.0972. The molecule has 0 bridgehead atoms. The number of ether oxygens (including phenoxy) is 2. The molecule has 2 aromatic carbocycles. The topological polar surface area (TPSA) is 47.6 Å². The summed E-state index contributed by atoms with van der Waals surface area (Å²) in [6.07, 6.45) is 0.854. The SMILES string of the molecule is Cc1c(OCc2ccccc2)ccc(Br)c1C(=O)NC1CCOC1. The van der Waals surface area contributed by atoms with Crippen molar-refractivity contribution in [2.75, 3.05) is 13.2 Å². The van der Waals surface area contributed by atoms with E-state index >= 15 is 0 Å². The zero-order valence-electron chi connectivity index (χ0n) is 13.5. The predicted molar refractivity (Wildman–Crippen MR) is 96.3 cm³/mol. The quantitative estimate of drug-likeness (QED) is 0.844. The van der Waals surface area contributed by atoms with Gasteiger partial charge in [-0.05, 0) is 47.0 Å². The molecule has 3 rings (SSSR count). The third-order valence-electron chi connectivity index (χ3n) is 4.09. The molecule has 1 aliphatic heterocycles. The number of benzene rings is 2. The van der Waals surface area contributed by atoms with E-state index in [1.165, 1.54) is 0 Å². The number of carbonyl (C=O) groups excluding carboxylic acids is 1. The van der Waals surface area contributed by atoms with Crippen LogP contribution in [0.15, 0.2) is 46.9 Å². The number of hydrogen-bond donors (Lipinski definition) is 1. The molecule has 1 N–H and O–H groups in total. The number of amides is 1. The van der Waals surface area contributed by atoms with Gasteiger partial charge < -0.3 is 14.8 Å². The monoisotopic (exact) mass is 389 g/mol. The van der Waals surface area contributed by atoms with E-state index in [-0.39, 0.29) is 11.9 Å². The first-order valence-corrected chi connectivity index (χ1v) is 8.79. The Morgan fingerprint density at radius 3 is 2.79 bits per heavy atom. The van der Waals surface area contributed by atoms with Crippen molar-refractivity contribution in [1.29, 1.82) is 0 Å². The van der Waals surface area contributed by atoms with Crippen molar-refractivity contribution in [3.8, 4) is 5.75 Å². The van der Waals surface area contributed by atoms with Crippen molar-refractivity contribution in [2.45, 2.75) is 26.0 Å². The molecule has 0 saturated carbocycles. The fraction of sp³-hybridized carbons (Fsp3) is 0.316. The first-order valence-electron chi connectivity index (χ1n) is 7.99. The van der Waals surface area contributed by atoms with Gasteiger partial charge in [0.25, 0.3) is 5.91 Å². The summed E-state index contributed by atoms with van der Waals surface area (Å²) >= 11 is 3.48. The highest BCUT2D eigenvalue weighted by atomic mass is 79.9. The van der Waals surface area contributed by atoms with Crippen LogP contribution >= 0.6 is 15.9 Å².